The quantitative estimate of drug-likeness (QED) is 0.707. The lowest BCUT2D eigenvalue weighted by atomic mass is 10.2. The second kappa shape index (κ2) is 5.34. The van der Waals surface area contributed by atoms with Gasteiger partial charge in [-0.3, -0.25) is 0 Å². The van der Waals surface area contributed by atoms with Crippen LogP contribution in [0.4, 0.5) is 0 Å². The van der Waals surface area contributed by atoms with Crippen LogP contribution in [0.5, 0.6) is 5.88 Å². The minimum absolute atomic E-state index is 0.0925. The van der Waals surface area contributed by atoms with Crippen molar-refractivity contribution >= 4 is 5.97 Å². The van der Waals surface area contributed by atoms with Crippen LogP contribution < -0.4 is 4.74 Å². The van der Waals surface area contributed by atoms with Crippen LogP contribution >= 0.6 is 0 Å². The van der Waals surface area contributed by atoms with E-state index in [4.69, 9.17) is 9.47 Å². The molecule has 0 saturated heterocycles. The topological polar surface area (TPSA) is 48.4 Å². The largest absolute Gasteiger partial charge is 0.465 e. The van der Waals surface area contributed by atoms with Gasteiger partial charge in [0.25, 0.3) is 0 Å². The molecular weight excluding hydrogens is 194 g/mol. The molecule has 0 atom stereocenters. The number of aromatic nitrogens is 1. The molecule has 0 bridgehead atoms. The molecule has 0 spiro atoms. The summed E-state index contributed by atoms with van der Waals surface area (Å²) in [4.78, 5) is 15.1. The number of hydrogen-bond acceptors (Lipinski definition) is 4. The highest BCUT2D eigenvalue weighted by atomic mass is 16.6. The van der Waals surface area contributed by atoms with Gasteiger partial charge in [0.05, 0.1) is 6.61 Å². The van der Waals surface area contributed by atoms with E-state index in [-0.39, 0.29) is 12.6 Å². The molecule has 0 radical (unpaired) electrons. The number of pyridine rings is 1. The monoisotopic (exact) mass is 209 g/mol. The van der Waals surface area contributed by atoms with E-state index in [0.717, 1.165) is 11.1 Å². The number of aryl methyl sites for hydroxylation is 2. The Morgan fingerprint density at radius 2 is 2.20 bits per heavy atom. The summed E-state index contributed by atoms with van der Waals surface area (Å²) in [5.41, 5.74) is 1.98. The van der Waals surface area contributed by atoms with Crippen molar-refractivity contribution in [2.45, 2.75) is 20.8 Å². The lowest BCUT2D eigenvalue weighted by Gasteiger charge is -2.07. The molecule has 0 aliphatic rings. The number of nitrogens with zero attached hydrogens (tertiary/aromatic N) is 1. The van der Waals surface area contributed by atoms with Crippen LogP contribution in [-0.4, -0.2) is 24.2 Å². The normalized spacial score (nSPS) is 9.80. The maximum atomic E-state index is 11.0. The van der Waals surface area contributed by atoms with Gasteiger partial charge in [-0.2, -0.15) is 0 Å². The zero-order valence-electron chi connectivity index (χ0n) is 9.24. The molecule has 0 aromatic carbocycles. The van der Waals surface area contributed by atoms with Gasteiger partial charge >= 0.3 is 5.97 Å². The zero-order chi connectivity index (χ0) is 11.3. The maximum Gasteiger partial charge on any atom is 0.344 e. The molecule has 0 unspecified atom stereocenters. The van der Waals surface area contributed by atoms with Crippen LogP contribution in [0.3, 0.4) is 0 Å². The fourth-order valence-corrected chi connectivity index (χ4v) is 1.18. The number of carbonyl (C=O) groups excluding carboxylic acids is 1. The molecule has 0 aliphatic carbocycles. The standard InChI is InChI=1S/C11H15NO3/c1-4-14-10(13)7-15-11-9(3)5-8(2)6-12-11/h5-6H,4,7H2,1-3H3. The molecule has 1 rings (SSSR count). The Morgan fingerprint density at radius 1 is 1.47 bits per heavy atom. The predicted octanol–water partition coefficient (Wildman–Crippen LogP) is 1.64. The number of hydrogen-bond donors (Lipinski definition) is 0. The third-order valence-corrected chi connectivity index (χ3v) is 1.80. The second-order valence-corrected chi connectivity index (χ2v) is 3.23. The lowest BCUT2D eigenvalue weighted by molar-refractivity contribution is -0.145. The summed E-state index contributed by atoms with van der Waals surface area (Å²) in [6, 6.07) is 1.95. The van der Waals surface area contributed by atoms with Crippen molar-refractivity contribution in [1.82, 2.24) is 4.98 Å². The summed E-state index contributed by atoms with van der Waals surface area (Å²) in [5, 5.41) is 0. The molecule has 1 aromatic rings. The van der Waals surface area contributed by atoms with Gasteiger partial charge in [-0.15, -0.1) is 0 Å². The first-order valence-electron chi connectivity index (χ1n) is 4.85. The van der Waals surface area contributed by atoms with E-state index in [0.29, 0.717) is 12.5 Å². The average molecular weight is 209 g/mol. The molecule has 0 saturated carbocycles. The van der Waals surface area contributed by atoms with Crippen LogP contribution in [0.15, 0.2) is 12.3 Å². The van der Waals surface area contributed by atoms with E-state index in [9.17, 15) is 4.79 Å². The summed E-state index contributed by atoms with van der Waals surface area (Å²) in [6.45, 7) is 5.87. The van der Waals surface area contributed by atoms with Crippen molar-refractivity contribution in [3.8, 4) is 5.88 Å². The van der Waals surface area contributed by atoms with Crippen molar-refractivity contribution in [2.75, 3.05) is 13.2 Å². The molecule has 0 aliphatic heterocycles. The number of esters is 1. The van der Waals surface area contributed by atoms with Crippen LogP contribution in [-0.2, 0) is 9.53 Å². The number of ether oxygens (including phenoxy) is 2. The SMILES string of the molecule is CCOC(=O)COc1ncc(C)cc1C. The molecule has 0 fully saturated rings. The van der Waals surface area contributed by atoms with Crippen LogP contribution in [0.25, 0.3) is 0 Å². The van der Waals surface area contributed by atoms with Crippen molar-refractivity contribution in [2.24, 2.45) is 0 Å². The molecule has 82 valence electrons. The lowest BCUT2D eigenvalue weighted by Crippen LogP contribution is -2.15. The first kappa shape index (κ1) is 11.5. The highest BCUT2D eigenvalue weighted by molar-refractivity contribution is 5.71. The smallest absolute Gasteiger partial charge is 0.344 e. The summed E-state index contributed by atoms with van der Waals surface area (Å²) in [5.74, 6) is 0.105. The van der Waals surface area contributed by atoms with E-state index in [2.05, 4.69) is 4.98 Å². The van der Waals surface area contributed by atoms with Gasteiger partial charge in [-0.05, 0) is 32.4 Å². The Kier molecular flexibility index (Phi) is 4.09. The fourth-order valence-electron chi connectivity index (χ4n) is 1.18. The predicted molar refractivity (Wildman–Crippen MR) is 55.8 cm³/mol. The van der Waals surface area contributed by atoms with Crippen LogP contribution in [0.1, 0.15) is 18.1 Å². The van der Waals surface area contributed by atoms with E-state index in [1.54, 1.807) is 13.1 Å². The van der Waals surface area contributed by atoms with Crippen molar-refractivity contribution in [3.05, 3.63) is 23.4 Å². The van der Waals surface area contributed by atoms with E-state index < -0.39 is 0 Å². The van der Waals surface area contributed by atoms with Gasteiger partial charge in [0.15, 0.2) is 6.61 Å². The Hall–Kier alpha value is -1.58. The third kappa shape index (κ3) is 3.58. The number of rotatable bonds is 4. The Bertz CT molecular complexity index is 350. The maximum absolute atomic E-state index is 11.0. The minimum atomic E-state index is -0.376. The Labute approximate surface area is 89.2 Å². The molecule has 15 heavy (non-hydrogen) atoms. The fraction of sp³-hybridized carbons (Fsp3) is 0.455. The van der Waals surface area contributed by atoms with E-state index in [1.165, 1.54) is 0 Å². The molecule has 0 N–H and O–H groups in total. The molecule has 4 heteroatoms. The van der Waals surface area contributed by atoms with Gasteiger partial charge in [0, 0.05) is 11.8 Å². The summed E-state index contributed by atoms with van der Waals surface area (Å²) in [6.07, 6.45) is 1.70. The molecule has 1 aromatic heterocycles. The highest BCUT2D eigenvalue weighted by Crippen LogP contribution is 2.14. The van der Waals surface area contributed by atoms with Gasteiger partial charge in [0.2, 0.25) is 5.88 Å². The molecule has 4 nitrogen and oxygen atoms in total. The highest BCUT2D eigenvalue weighted by Gasteiger charge is 2.06. The molecule has 0 amide bonds. The van der Waals surface area contributed by atoms with Crippen molar-refractivity contribution in [3.63, 3.8) is 0 Å². The Balaban J connectivity index is 2.54. The molecule has 1 heterocycles. The van der Waals surface area contributed by atoms with Crippen LogP contribution in [0, 0.1) is 13.8 Å². The summed E-state index contributed by atoms with van der Waals surface area (Å²) >= 11 is 0. The van der Waals surface area contributed by atoms with E-state index >= 15 is 0 Å². The van der Waals surface area contributed by atoms with Gasteiger partial charge in [0.1, 0.15) is 0 Å². The third-order valence-electron chi connectivity index (χ3n) is 1.80. The first-order valence-corrected chi connectivity index (χ1v) is 4.85. The van der Waals surface area contributed by atoms with Crippen molar-refractivity contribution in [1.29, 1.82) is 0 Å². The first-order chi connectivity index (χ1) is 7.13. The van der Waals surface area contributed by atoms with Gasteiger partial charge in [-0.1, -0.05) is 0 Å². The summed E-state index contributed by atoms with van der Waals surface area (Å²) in [7, 11) is 0. The second-order valence-electron chi connectivity index (χ2n) is 3.23. The van der Waals surface area contributed by atoms with Crippen LogP contribution in [0.2, 0.25) is 0 Å². The van der Waals surface area contributed by atoms with Crippen molar-refractivity contribution < 1.29 is 14.3 Å². The zero-order valence-corrected chi connectivity index (χ0v) is 9.24. The molecular formula is C11H15NO3. The van der Waals surface area contributed by atoms with Gasteiger partial charge in [-0.25, -0.2) is 9.78 Å². The Morgan fingerprint density at radius 3 is 2.80 bits per heavy atom. The minimum Gasteiger partial charge on any atom is -0.465 e. The van der Waals surface area contributed by atoms with Gasteiger partial charge < -0.3 is 9.47 Å². The average Bonchev–Trinajstić information content (AvgIpc) is 2.17. The van der Waals surface area contributed by atoms with E-state index in [1.807, 2.05) is 19.9 Å². The summed E-state index contributed by atoms with van der Waals surface area (Å²) < 4.78 is 9.96. The number of carbonyl (C=O) groups is 1.